The highest BCUT2D eigenvalue weighted by atomic mass is 16.6. The SMILES string of the molecule is Cc1nn(Cc2ccc(C(=O)O)cc2)c(C)c1CC(=O)OC(C)(C)C. The lowest BCUT2D eigenvalue weighted by Crippen LogP contribution is -2.25. The van der Waals surface area contributed by atoms with Gasteiger partial charge >= 0.3 is 11.9 Å². The van der Waals surface area contributed by atoms with Crippen LogP contribution in [0.15, 0.2) is 24.3 Å². The maximum absolute atomic E-state index is 12.1. The smallest absolute Gasteiger partial charge is 0.335 e. The molecule has 6 heteroatoms. The molecule has 2 rings (SSSR count). The van der Waals surface area contributed by atoms with Gasteiger partial charge in [-0.3, -0.25) is 9.48 Å². The number of carboxylic acids is 1. The largest absolute Gasteiger partial charge is 0.478 e. The van der Waals surface area contributed by atoms with Crippen LogP contribution in [0.2, 0.25) is 0 Å². The Labute approximate surface area is 147 Å². The molecular weight excluding hydrogens is 320 g/mol. The second kappa shape index (κ2) is 7.09. The first kappa shape index (κ1) is 18.7. The van der Waals surface area contributed by atoms with Gasteiger partial charge in [0.25, 0.3) is 0 Å². The number of carbonyl (C=O) groups is 2. The lowest BCUT2D eigenvalue weighted by atomic mass is 10.1. The first-order valence-electron chi connectivity index (χ1n) is 8.14. The quantitative estimate of drug-likeness (QED) is 0.843. The lowest BCUT2D eigenvalue weighted by molar-refractivity contribution is -0.153. The molecule has 1 aromatic heterocycles. The summed E-state index contributed by atoms with van der Waals surface area (Å²) in [7, 11) is 0. The number of benzene rings is 1. The first-order valence-corrected chi connectivity index (χ1v) is 8.14. The van der Waals surface area contributed by atoms with Crippen LogP contribution >= 0.6 is 0 Å². The Bertz CT molecular complexity index is 783. The van der Waals surface area contributed by atoms with E-state index in [1.54, 1.807) is 24.3 Å². The molecular formula is C19H24N2O4. The number of hydrogen-bond acceptors (Lipinski definition) is 4. The normalized spacial score (nSPS) is 11.4. The summed E-state index contributed by atoms with van der Waals surface area (Å²) in [5.74, 6) is -1.22. The molecule has 0 aliphatic rings. The van der Waals surface area contributed by atoms with Crippen LogP contribution in [0.1, 0.15) is 53.6 Å². The van der Waals surface area contributed by atoms with Gasteiger partial charge in [-0.2, -0.15) is 5.10 Å². The average Bonchev–Trinajstić information content (AvgIpc) is 2.73. The highest BCUT2D eigenvalue weighted by Gasteiger charge is 2.20. The van der Waals surface area contributed by atoms with Gasteiger partial charge in [-0.25, -0.2) is 4.79 Å². The van der Waals surface area contributed by atoms with Crippen molar-refractivity contribution in [3.8, 4) is 0 Å². The van der Waals surface area contributed by atoms with E-state index in [9.17, 15) is 9.59 Å². The summed E-state index contributed by atoms with van der Waals surface area (Å²) in [6.45, 7) is 9.83. The van der Waals surface area contributed by atoms with Gasteiger partial charge in [-0.05, 0) is 52.3 Å². The summed E-state index contributed by atoms with van der Waals surface area (Å²) in [5.41, 5.74) is 3.26. The molecule has 0 saturated carbocycles. The van der Waals surface area contributed by atoms with Gasteiger partial charge in [0.15, 0.2) is 0 Å². The molecule has 2 aromatic rings. The van der Waals surface area contributed by atoms with E-state index in [-0.39, 0.29) is 18.0 Å². The highest BCUT2D eigenvalue weighted by molar-refractivity contribution is 5.87. The fraction of sp³-hybridized carbons (Fsp3) is 0.421. The number of nitrogens with zero attached hydrogens (tertiary/aromatic N) is 2. The second-order valence-corrected chi connectivity index (χ2v) is 7.07. The summed E-state index contributed by atoms with van der Waals surface area (Å²) in [6, 6.07) is 6.69. The maximum Gasteiger partial charge on any atom is 0.335 e. The van der Waals surface area contributed by atoms with Gasteiger partial charge in [-0.1, -0.05) is 12.1 Å². The van der Waals surface area contributed by atoms with E-state index in [0.717, 1.165) is 22.5 Å². The van der Waals surface area contributed by atoms with Crippen LogP contribution in [0.5, 0.6) is 0 Å². The predicted molar refractivity (Wildman–Crippen MR) is 93.8 cm³/mol. The van der Waals surface area contributed by atoms with Gasteiger partial charge in [0.2, 0.25) is 0 Å². The summed E-state index contributed by atoms with van der Waals surface area (Å²) in [6.07, 6.45) is 0.187. The number of hydrogen-bond donors (Lipinski definition) is 1. The van der Waals surface area contributed by atoms with Crippen LogP contribution in [-0.4, -0.2) is 32.4 Å². The van der Waals surface area contributed by atoms with Crippen molar-refractivity contribution in [1.29, 1.82) is 0 Å². The Morgan fingerprint density at radius 2 is 1.76 bits per heavy atom. The summed E-state index contributed by atoms with van der Waals surface area (Å²) < 4.78 is 7.21. The third-order valence-corrected chi connectivity index (χ3v) is 3.81. The van der Waals surface area contributed by atoms with E-state index in [2.05, 4.69) is 5.10 Å². The number of ether oxygens (including phenoxy) is 1. The van der Waals surface area contributed by atoms with Crippen molar-refractivity contribution in [2.75, 3.05) is 0 Å². The van der Waals surface area contributed by atoms with Crippen LogP contribution in [0.4, 0.5) is 0 Å². The Morgan fingerprint density at radius 1 is 1.16 bits per heavy atom. The molecule has 1 N–H and O–H groups in total. The molecule has 0 unspecified atom stereocenters. The van der Waals surface area contributed by atoms with Crippen molar-refractivity contribution in [3.63, 3.8) is 0 Å². The predicted octanol–water partition coefficient (Wildman–Crippen LogP) is 3.13. The minimum atomic E-state index is -0.947. The van der Waals surface area contributed by atoms with Gasteiger partial charge in [0.05, 0.1) is 24.2 Å². The lowest BCUT2D eigenvalue weighted by Gasteiger charge is -2.19. The van der Waals surface area contributed by atoms with Crippen LogP contribution in [0, 0.1) is 13.8 Å². The minimum absolute atomic E-state index is 0.187. The number of aromatic nitrogens is 2. The molecule has 0 saturated heterocycles. The van der Waals surface area contributed by atoms with Crippen molar-refractivity contribution < 1.29 is 19.4 Å². The van der Waals surface area contributed by atoms with Crippen LogP contribution in [-0.2, 0) is 22.5 Å². The van der Waals surface area contributed by atoms with Crippen LogP contribution < -0.4 is 0 Å². The third-order valence-electron chi connectivity index (χ3n) is 3.81. The van der Waals surface area contributed by atoms with E-state index >= 15 is 0 Å². The second-order valence-electron chi connectivity index (χ2n) is 7.07. The minimum Gasteiger partial charge on any atom is -0.478 e. The highest BCUT2D eigenvalue weighted by Crippen LogP contribution is 2.18. The van der Waals surface area contributed by atoms with Gasteiger partial charge in [0.1, 0.15) is 5.60 Å². The molecule has 0 aliphatic carbocycles. The zero-order valence-electron chi connectivity index (χ0n) is 15.3. The fourth-order valence-electron chi connectivity index (χ4n) is 2.59. The van der Waals surface area contributed by atoms with Gasteiger partial charge in [0, 0.05) is 11.3 Å². The maximum atomic E-state index is 12.1. The molecule has 0 spiro atoms. The zero-order valence-corrected chi connectivity index (χ0v) is 15.3. The monoisotopic (exact) mass is 344 g/mol. The van der Waals surface area contributed by atoms with E-state index in [1.165, 1.54) is 0 Å². The van der Waals surface area contributed by atoms with Crippen LogP contribution in [0.3, 0.4) is 0 Å². The van der Waals surface area contributed by atoms with Crippen LogP contribution in [0.25, 0.3) is 0 Å². The number of rotatable bonds is 5. The number of carbonyl (C=O) groups excluding carboxylic acids is 1. The molecule has 0 bridgehead atoms. The molecule has 0 aliphatic heterocycles. The molecule has 0 radical (unpaired) electrons. The summed E-state index contributed by atoms with van der Waals surface area (Å²) >= 11 is 0. The van der Waals surface area contributed by atoms with E-state index in [1.807, 2.05) is 39.3 Å². The molecule has 0 fully saturated rings. The molecule has 1 heterocycles. The van der Waals surface area contributed by atoms with Gasteiger partial charge < -0.3 is 9.84 Å². The zero-order chi connectivity index (χ0) is 18.8. The Hall–Kier alpha value is -2.63. The molecule has 6 nitrogen and oxygen atoms in total. The summed E-state index contributed by atoms with van der Waals surface area (Å²) in [5, 5.41) is 13.5. The molecule has 134 valence electrons. The van der Waals surface area contributed by atoms with E-state index < -0.39 is 11.6 Å². The van der Waals surface area contributed by atoms with Crippen molar-refractivity contribution >= 4 is 11.9 Å². The number of esters is 1. The molecule has 0 amide bonds. The summed E-state index contributed by atoms with van der Waals surface area (Å²) in [4.78, 5) is 23.0. The molecule has 0 atom stereocenters. The first-order chi connectivity index (χ1) is 11.6. The number of aromatic carboxylic acids is 1. The number of aryl methyl sites for hydroxylation is 1. The van der Waals surface area contributed by atoms with Gasteiger partial charge in [-0.15, -0.1) is 0 Å². The Kier molecular flexibility index (Phi) is 5.30. The third kappa shape index (κ3) is 4.92. The van der Waals surface area contributed by atoms with Crippen molar-refractivity contribution in [2.45, 2.75) is 53.2 Å². The topological polar surface area (TPSA) is 81.4 Å². The Morgan fingerprint density at radius 3 is 2.28 bits per heavy atom. The van der Waals surface area contributed by atoms with Crippen molar-refractivity contribution in [1.82, 2.24) is 9.78 Å². The van der Waals surface area contributed by atoms with E-state index in [4.69, 9.17) is 9.84 Å². The molecule has 25 heavy (non-hydrogen) atoms. The Balaban J connectivity index is 2.15. The fourth-order valence-corrected chi connectivity index (χ4v) is 2.59. The van der Waals surface area contributed by atoms with Crippen molar-refractivity contribution in [2.24, 2.45) is 0 Å². The van der Waals surface area contributed by atoms with Crippen molar-refractivity contribution in [3.05, 3.63) is 52.3 Å². The number of carboxylic acid groups (broad SMARTS) is 1. The molecule has 1 aromatic carbocycles. The van der Waals surface area contributed by atoms with E-state index in [0.29, 0.717) is 6.54 Å². The average molecular weight is 344 g/mol. The standard InChI is InChI=1S/C19H24N2O4/c1-12-16(10-17(22)25-19(3,4)5)13(2)21(20-12)11-14-6-8-15(9-7-14)18(23)24/h6-9H,10-11H2,1-5H3,(H,23,24).